The van der Waals surface area contributed by atoms with Crippen molar-refractivity contribution in [3.63, 3.8) is 0 Å². The molecule has 1 heterocycles. The van der Waals surface area contributed by atoms with Gasteiger partial charge < -0.3 is 14.8 Å². The summed E-state index contributed by atoms with van der Waals surface area (Å²) in [5, 5.41) is 4.03. The molecular formula is C15H21N3O2S. The average molecular weight is 307 g/mol. The van der Waals surface area contributed by atoms with E-state index in [1.807, 2.05) is 24.3 Å². The van der Waals surface area contributed by atoms with Gasteiger partial charge in [-0.05, 0) is 18.1 Å². The maximum absolute atomic E-state index is 5.71. The highest BCUT2D eigenvalue weighted by molar-refractivity contribution is 7.09. The zero-order valence-corrected chi connectivity index (χ0v) is 13.4. The van der Waals surface area contributed by atoms with Gasteiger partial charge in [0.25, 0.3) is 0 Å². The molecule has 0 spiro atoms. The first kappa shape index (κ1) is 15.7. The molecule has 2 rings (SSSR count). The van der Waals surface area contributed by atoms with Crippen molar-refractivity contribution in [2.45, 2.75) is 20.3 Å². The summed E-state index contributed by atoms with van der Waals surface area (Å²) < 4.78 is 15.0. The Morgan fingerprint density at radius 2 is 2.19 bits per heavy atom. The summed E-state index contributed by atoms with van der Waals surface area (Å²) in [5.41, 5.74) is 0.950. The van der Waals surface area contributed by atoms with Crippen LogP contribution in [0.1, 0.15) is 19.7 Å². The Balaban J connectivity index is 1.95. The molecule has 0 bridgehead atoms. The summed E-state index contributed by atoms with van der Waals surface area (Å²) >= 11 is 1.35. The minimum absolute atomic E-state index is 0.508. The van der Waals surface area contributed by atoms with Crippen LogP contribution >= 0.6 is 11.5 Å². The fourth-order valence-corrected chi connectivity index (χ4v) is 2.28. The predicted molar refractivity (Wildman–Crippen MR) is 85.5 cm³/mol. The van der Waals surface area contributed by atoms with Crippen LogP contribution in [0.15, 0.2) is 24.3 Å². The van der Waals surface area contributed by atoms with Crippen LogP contribution in [0.25, 0.3) is 0 Å². The molecule has 114 valence electrons. The van der Waals surface area contributed by atoms with Gasteiger partial charge in [0.05, 0.1) is 13.2 Å². The lowest BCUT2D eigenvalue weighted by Gasteiger charge is -2.10. The number of nitrogens with zero attached hydrogens (tertiary/aromatic N) is 2. The van der Waals surface area contributed by atoms with Crippen LogP contribution < -0.4 is 10.1 Å². The Morgan fingerprint density at radius 3 is 2.95 bits per heavy atom. The minimum Gasteiger partial charge on any atom is -0.493 e. The van der Waals surface area contributed by atoms with Crippen LogP contribution in [-0.2, 0) is 11.2 Å². The topological polar surface area (TPSA) is 56.3 Å². The molecule has 0 aliphatic carbocycles. The van der Waals surface area contributed by atoms with Gasteiger partial charge in [0.15, 0.2) is 0 Å². The molecule has 1 N–H and O–H groups in total. The fraction of sp³-hybridized carbons (Fsp3) is 0.467. The Labute approximate surface area is 129 Å². The zero-order valence-electron chi connectivity index (χ0n) is 12.6. The molecule has 0 radical (unpaired) electrons. The first-order chi connectivity index (χ1) is 10.2. The highest BCUT2D eigenvalue weighted by Crippen LogP contribution is 2.23. The zero-order chi connectivity index (χ0) is 15.1. The number of ether oxygens (including phenoxy) is 2. The van der Waals surface area contributed by atoms with Gasteiger partial charge in [0, 0.05) is 36.8 Å². The van der Waals surface area contributed by atoms with Gasteiger partial charge in [-0.1, -0.05) is 19.9 Å². The van der Waals surface area contributed by atoms with Crippen molar-refractivity contribution in [3.05, 3.63) is 30.1 Å². The van der Waals surface area contributed by atoms with Crippen molar-refractivity contribution < 1.29 is 9.47 Å². The number of rotatable bonds is 8. The molecular weight excluding hydrogens is 286 g/mol. The Kier molecular flexibility index (Phi) is 5.95. The Bertz CT molecular complexity index is 557. The van der Waals surface area contributed by atoms with Crippen molar-refractivity contribution in [2.24, 2.45) is 5.92 Å². The molecule has 0 unspecified atom stereocenters. The second kappa shape index (κ2) is 7.95. The van der Waals surface area contributed by atoms with Gasteiger partial charge >= 0.3 is 0 Å². The number of aromatic nitrogens is 2. The number of hydrogen-bond acceptors (Lipinski definition) is 6. The molecule has 0 atom stereocenters. The first-order valence-corrected chi connectivity index (χ1v) is 7.76. The lowest BCUT2D eigenvalue weighted by atomic mass is 10.2. The van der Waals surface area contributed by atoms with E-state index in [-0.39, 0.29) is 0 Å². The highest BCUT2D eigenvalue weighted by atomic mass is 32.1. The predicted octanol–water partition coefficient (Wildman–Crippen LogP) is 3.51. The Hall–Kier alpha value is -1.66. The number of hydrogen-bond donors (Lipinski definition) is 1. The first-order valence-electron chi connectivity index (χ1n) is 6.99. The molecule has 0 saturated heterocycles. The van der Waals surface area contributed by atoms with E-state index in [0.29, 0.717) is 19.1 Å². The van der Waals surface area contributed by atoms with Crippen molar-refractivity contribution >= 4 is 22.4 Å². The lowest BCUT2D eigenvalue weighted by molar-refractivity contribution is 0.201. The summed E-state index contributed by atoms with van der Waals surface area (Å²) in [5.74, 6) is 2.17. The maximum atomic E-state index is 5.71. The lowest BCUT2D eigenvalue weighted by Crippen LogP contribution is -2.04. The molecule has 21 heavy (non-hydrogen) atoms. The molecule has 6 heteroatoms. The smallest absolute Gasteiger partial charge is 0.207 e. The van der Waals surface area contributed by atoms with Crippen LogP contribution in [0, 0.1) is 5.92 Å². The summed E-state index contributed by atoms with van der Waals surface area (Å²) in [4.78, 5) is 4.42. The monoisotopic (exact) mass is 307 g/mol. The van der Waals surface area contributed by atoms with Crippen molar-refractivity contribution in [2.75, 3.05) is 25.6 Å². The summed E-state index contributed by atoms with van der Waals surface area (Å²) in [6.07, 6.45) is 0.728. The molecule has 2 aromatic rings. The van der Waals surface area contributed by atoms with Gasteiger partial charge in [-0.2, -0.15) is 4.37 Å². The maximum Gasteiger partial charge on any atom is 0.207 e. The number of anilines is 2. The van der Waals surface area contributed by atoms with E-state index in [0.717, 1.165) is 28.8 Å². The average Bonchev–Trinajstić information content (AvgIpc) is 2.91. The van der Waals surface area contributed by atoms with Crippen LogP contribution in [0.5, 0.6) is 5.75 Å². The van der Waals surface area contributed by atoms with Crippen molar-refractivity contribution in [3.8, 4) is 5.75 Å². The van der Waals surface area contributed by atoms with E-state index in [9.17, 15) is 0 Å². The summed E-state index contributed by atoms with van der Waals surface area (Å²) in [6, 6.07) is 7.87. The van der Waals surface area contributed by atoms with E-state index >= 15 is 0 Å². The van der Waals surface area contributed by atoms with Gasteiger partial charge in [-0.15, -0.1) is 0 Å². The largest absolute Gasteiger partial charge is 0.493 e. The van der Waals surface area contributed by atoms with E-state index in [1.165, 1.54) is 11.5 Å². The van der Waals surface area contributed by atoms with E-state index in [2.05, 4.69) is 28.5 Å². The number of nitrogens with one attached hydrogen (secondary N) is 1. The van der Waals surface area contributed by atoms with Crippen LogP contribution in [0.3, 0.4) is 0 Å². The molecule has 1 aromatic carbocycles. The second-order valence-electron chi connectivity index (χ2n) is 5.12. The molecule has 1 aromatic heterocycles. The van der Waals surface area contributed by atoms with Crippen molar-refractivity contribution in [1.29, 1.82) is 0 Å². The molecule has 5 nitrogen and oxygen atoms in total. The van der Waals surface area contributed by atoms with Gasteiger partial charge in [0.2, 0.25) is 5.13 Å². The molecule has 0 saturated carbocycles. The van der Waals surface area contributed by atoms with Gasteiger partial charge in [-0.25, -0.2) is 4.98 Å². The highest BCUT2D eigenvalue weighted by Gasteiger charge is 2.05. The van der Waals surface area contributed by atoms with Gasteiger partial charge in [0.1, 0.15) is 11.6 Å². The minimum atomic E-state index is 0.508. The van der Waals surface area contributed by atoms with Gasteiger partial charge in [-0.3, -0.25) is 0 Å². The van der Waals surface area contributed by atoms with Crippen LogP contribution in [-0.4, -0.2) is 29.7 Å². The SMILES string of the molecule is COCCc1nsc(Nc2cccc(OCC(C)C)c2)n1. The third kappa shape index (κ3) is 5.32. The van der Waals surface area contributed by atoms with Crippen LogP contribution in [0.4, 0.5) is 10.8 Å². The molecule has 0 fully saturated rings. The normalized spacial score (nSPS) is 10.9. The number of methoxy groups -OCH3 is 1. The summed E-state index contributed by atoms with van der Waals surface area (Å²) in [6.45, 7) is 5.61. The molecule has 0 aliphatic heterocycles. The Morgan fingerprint density at radius 1 is 1.33 bits per heavy atom. The van der Waals surface area contributed by atoms with E-state index in [4.69, 9.17) is 9.47 Å². The van der Waals surface area contributed by atoms with Crippen molar-refractivity contribution in [1.82, 2.24) is 9.36 Å². The fourth-order valence-electron chi connectivity index (χ4n) is 1.65. The molecule has 0 amide bonds. The standard InChI is InChI=1S/C15H21N3O2S/c1-11(2)10-20-13-6-4-5-12(9-13)16-15-17-14(18-21-15)7-8-19-3/h4-6,9,11H,7-8,10H2,1-3H3,(H,16,17,18). The van der Waals surface area contributed by atoms with Crippen LogP contribution in [0.2, 0.25) is 0 Å². The quantitative estimate of drug-likeness (QED) is 0.809. The van der Waals surface area contributed by atoms with E-state index in [1.54, 1.807) is 7.11 Å². The third-order valence-corrected chi connectivity index (χ3v) is 3.33. The second-order valence-corrected chi connectivity index (χ2v) is 5.87. The third-order valence-electron chi connectivity index (χ3n) is 2.67. The van der Waals surface area contributed by atoms with E-state index < -0.39 is 0 Å². The summed E-state index contributed by atoms with van der Waals surface area (Å²) in [7, 11) is 1.67. The molecule has 0 aliphatic rings. The number of benzene rings is 1.